The number of nitrogens with two attached hydrogens (primary N) is 1. The Balaban J connectivity index is 4.57. The average Bonchev–Trinajstić information content (AvgIpc) is 3.07. The van der Waals surface area contributed by atoms with E-state index in [4.69, 9.17) is 10.5 Å². The van der Waals surface area contributed by atoms with Crippen LogP contribution < -0.4 is 11.1 Å². The van der Waals surface area contributed by atoms with Crippen LogP contribution in [-0.2, 0) is 19.1 Å². The number of carboxylic acids is 1. The topological polar surface area (TPSA) is 119 Å². The Kier molecular flexibility index (Phi) is 32.8. The van der Waals surface area contributed by atoms with Gasteiger partial charge in [-0.05, 0) is 103 Å². The first-order valence-corrected chi connectivity index (χ1v) is 18.8. The summed E-state index contributed by atoms with van der Waals surface area (Å²) in [6.45, 7) is 4.71. The van der Waals surface area contributed by atoms with Crippen molar-refractivity contribution in [3.63, 3.8) is 0 Å². The van der Waals surface area contributed by atoms with Crippen LogP contribution in [-0.4, -0.2) is 41.6 Å². The van der Waals surface area contributed by atoms with E-state index in [0.29, 0.717) is 38.6 Å². The lowest BCUT2D eigenvalue weighted by Gasteiger charge is -2.15. The molecule has 0 spiro atoms. The fourth-order valence-corrected chi connectivity index (χ4v) is 4.92. The van der Waals surface area contributed by atoms with Crippen LogP contribution in [0.5, 0.6) is 0 Å². The highest BCUT2D eigenvalue weighted by molar-refractivity contribution is 5.83. The maximum absolute atomic E-state index is 12.7. The van der Waals surface area contributed by atoms with Gasteiger partial charge in [-0.1, -0.05) is 113 Å². The standard InChI is InChI=1S/C41H68N2O5/c1-3-5-7-9-11-13-15-16-18-20-22-24-29-35-40(45)48-37(31-26-23-21-19-17-14-12-10-8-6-4-2)32-27-25-28-34-39(44)43-38(41(46)47)33-30-36-42/h6-9,12-15,19,21,26,31,37-38H,3-5,10-11,16-18,20,22-25,27-30,32-36,42H2,1-2H3,(H,43,44)(H,46,47)/b8-6-,9-7-,14-12-,15-13-,21-19-,31-26-. The maximum Gasteiger partial charge on any atom is 0.326 e. The highest BCUT2D eigenvalue weighted by Crippen LogP contribution is 2.14. The number of ether oxygens (including phenoxy) is 1. The van der Waals surface area contributed by atoms with E-state index < -0.39 is 12.0 Å². The molecule has 2 unspecified atom stereocenters. The Morgan fingerprint density at radius 2 is 1.21 bits per heavy atom. The molecular formula is C41H68N2O5. The second-order valence-electron chi connectivity index (χ2n) is 12.2. The zero-order valence-electron chi connectivity index (χ0n) is 30.3. The number of carbonyl (C=O) groups excluding carboxylic acids is 2. The van der Waals surface area contributed by atoms with Gasteiger partial charge in [-0.2, -0.15) is 0 Å². The number of amides is 1. The molecule has 272 valence electrons. The molecule has 48 heavy (non-hydrogen) atoms. The summed E-state index contributed by atoms with van der Waals surface area (Å²) in [5, 5.41) is 11.9. The van der Waals surface area contributed by atoms with Crippen LogP contribution in [0.15, 0.2) is 72.9 Å². The average molecular weight is 669 g/mol. The van der Waals surface area contributed by atoms with Gasteiger partial charge in [0.25, 0.3) is 0 Å². The van der Waals surface area contributed by atoms with E-state index in [1.54, 1.807) is 0 Å². The van der Waals surface area contributed by atoms with Crippen LogP contribution in [0.4, 0.5) is 0 Å². The van der Waals surface area contributed by atoms with Gasteiger partial charge in [0, 0.05) is 12.8 Å². The molecule has 0 aromatic rings. The van der Waals surface area contributed by atoms with Crippen LogP contribution >= 0.6 is 0 Å². The minimum atomic E-state index is -1.03. The zero-order valence-corrected chi connectivity index (χ0v) is 30.3. The quantitative estimate of drug-likeness (QED) is 0.0373. The van der Waals surface area contributed by atoms with Crippen molar-refractivity contribution in [2.75, 3.05) is 6.54 Å². The third-order valence-corrected chi connectivity index (χ3v) is 7.72. The number of nitrogens with one attached hydrogen (secondary N) is 1. The van der Waals surface area contributed by atoms with Crippen LogP contribution in [0.1, 0.15) is 149 Å². The Morgan fingerprint density at radius 3 is 1.85 bits per heavy atom. The van der Waals surface area contributed by atoms with Crippen molar-refractivity contribution in [3.05, 3.63) is 72.9 Å². The van der Waals surface area contributed by atoms with Crippen molar-refractivity contribution in [1.29, 1.82) is 0 Å². The van der Waals surface area contributed by atoms with Gasteiger partial charge in [0.2, 0.25) is 5.91 Å². The van der Waals surface area contributed by atoms with Crippen LogP contribution in [0.2, 0.25) is 0 Å². The number of hydrogen-bond donors (Lipinski definition) is 3. The summed E-state index contributed by atoms with van der Waals surface area (Å²) >= 11 is 0. The lowest BCUT2D eigenvalue weighted by atomic mass is 10.1. The third kappa shape index (κ3) is 31.4. The zero-order chi connectivity index (χ0) is 35.3. The number of allylic oxidation sites excluding steroid dienone is 11. The number of unbranched alkanes of at least 4 members (excludes halogenated alkanes) is 8. The first-order valence-electron chi connectivity index (χ1n) is 18.8. The summed E-state index contributed by atoms with van der Waals surface area (Å²) in [4.78, 5) is 36.3. The monoisotopic (exact) mass is 669 g/mol. The van der Waals surface area contributed by atoms with Gasteiger partial charge in [0.05, 0.1) is 0 Å². The molecule has 0 aliphatic heterocycles. The SMILES string of the molecule is CC/C=C\C/C=C\C/C=C\C/C=C\C(CCCCCC(=O)NC(CCCN)C(=O)O)OC(=O)CCCCCCC/C=C\C/C=C\CCC. The van der Waals surface area contributed by atoms with Gasteiger partial charge in [0.15, 0.2) is 0 Å². The minimum absolute atomic E-state index is 0.155. The van der Waals surface area contributed by atoms with E-state index in [9.17, 15) is 19.5 Å². The van der Waals surface area contributed by atoms with Crippen molar-refractivity contribution in [2.24, 2.45) is 5.73 Å². The van der Waals surface area contributed by atoms with Crippen molar-refractivity contribution in [1.82, 2.24) is 5.32 Å². The van der Waals surface area contributed by atoms with Gasteiger partial charge in [0.1, 0.15) is 12.1 Å². The lowest BCUT2D eigenvalue weighted by Crippen LogP contribution is -2.40. The summed E-state index contributed by atoms with van der Waals surface area (Å²) in [5.41, 5.74) is 5.47. The molecule has 0 aromatic carbocycles. The molecule has 0 saturated heterocycles. The molecule has 0 saturated carbocycles. The first-order chi connectivity index (χ1) is 23.4. The molecule has 2 atom stereocenters. The highest BCUT2D eigenvalue weighted by Gasteiger charge is 2.19. The largest absolute Gasteiger partial charge is 0.480 e. The van der Waals surface area contributed by atoms with Crippen molar-refractivity contribution in [2.45, 2.75) is 161 Å². The van der Waals surface area contributed by atoms with E-state index in [-0.39, 0.29) is 24.4 Å². The van der Waals surface area contributed by atoms with Gasteiger partial charge in [-0.25, -0.2) is 4.79 Å². The molecule has 0 aromatic heterocycles. The van der Waals surface area contributed by atoms with Gasteiger partial charge in [-0.3, -0.25) is 9.59 Å². The smallest absolute Gasteiger partial charge is 0.326 e. The minimum Gasteiger partial charge on any atom is -0.480 e. The molecule has 0 rings (SSSR count). The second-order valence-corrected chi connectivity index (χ2v) is 12.2. The number of esters is 1. The molecule has 0 radical (unpaired) electrons. The van der Waals surface area contributed by atoms with Crippen LogP contribution in [0.25, 0.3) is 0 Å². The Labute approximate surface area is 292 Å². The Bertz CT molecular complexity index is 979. The summed E-state index contributed by atoms with van der Waals surface area (Å²) in [6, 6.07) is -0.895. The maximum atomic E-state index is 12.7. The first kappa shape index (κ1) is 44.8. The van der Waals surface area contributed by atoms with Gasteiger partial charge in [-0.15, -0.1) is 0 Å². The van der Waals surface area contributed by atoms with Gasteiger partial charge >= 0.3 is 11.9 Å². The number of carboxylic acid groups (broad SMARTS) is 1. The van der Waals surface area contributed by atoms with E-state index >= 15 is 0 Å². The predicted octanol–water partition coefficient (Wildman–Crippen LogP) is 10.00. The van der Waals surface area contributed by atoms with E-state index in [2.05, 4.69) is 86.0 Å². The summed E-state index contributed by atoms with van der Waals surface area (Å²) in [7, 11) is 0. The van der Waals surface area contributed by atoms with Crippen molar-refractivity contribution < 1.29 is 24.2 Å². The van der Waals surface area contributed by atoms with Crippen LogP contribution in [0.3, 0.4) is 0 Å². The lowest BCUT2D eigenvalue weighted by molar-refractivity contribution is -0.147. The number of rotatable bonds is 32. The fourth-order valence-electron chi connectivity index (χ4n) is 4.92. The number of carbonyl (C=O) groups is 3. The Morgan fingerprint density at radius 1 is 0.646 bits per heavy atom. The second kappa shape index (κ2) is 35.1. The van der Waals surface area contributed by atoms with Crippen molar-refractivity contribution in [3.8, 4) is 0 Å². The molecule has 7 heteroatoms. The molecular weight excluding hydrogens is 600 g/mol. The third-order valence-electron chi connectivity index (χ3n) is 7.72. The van der Waals surface area contributed by atoms with E-state index in [0.717, 1.165) is 77.0 Å². The summed E-state index contributed by atoms with van der Waals surface area (Å²) in [5.74, 6) is -1.44. The number of aliphatic carboxylic acids is 1. The number of hydrogen-bond acceptors (Lipinski definition) is 5. The highest BCUT2D eigenvalue weighted by atomic mass is 16.5. The van der Waals surface area contributed by atoms with E-state index in [1.165, 1.54) is 19.3 Å². The van der Waals surface area contributed by atoms with E-state index in [1.807, 2.05) is 6.08 Å². The summed E-state index contributed by atoms with van der Waals surface area (Å²) in [6.07, 6.45) is 43.8. The molecule has 0 aliphatic carbocycles. The predicted molar refractivity (Wildman–Crippen MR) is 202 cm³/mol. The van der Waals surface area contributed by atoms with Crippen LogP contribution in [0, 0.1) is 0 Å². The Hall–Kier alpha value is -3.19. The molecule has 0 bridgehead atoms. The summed E-state index contributed by atoms with van der Waals surface area (Å²) < 4.78 is 5.86. The molecule has 1 amide bonds. The fraction of sp³-hybridized carbons (Fsp3) is 0.634. The van der Waals surface area contributed by atoms with Crippen molar-refractivity contribution >= 4 is 17.8 Å². The molecule has 4 N–H and O–H groups in total. The van der Waals surface area contributed by atoms with Gasteiger partial charge < -0.3 is 20.9 Å². The molecule has 0 aliphatic rings. The normalized spacial score (nSPS) is 13.6. The molecule has 7 nitrogen and oxygen atoms in total. The molecule has 0 heterocycles. The molecule has 0 fully saturated rings.